The third-order valence-corrected chi connectivity index (χ3v) is 7.02. The molecule has 2 aromatic carbocycles. The zero-order valence-corrected chi connectivity index (χ0v) is 21.8. The van der Waals surface area contributed by atoms with E-state index in [0.29, 0.717) is 30.9 Å². The number of rotatable bonds is 8. The third-order valence-electron chi connectivity index (χ3n) is 7.02. The van der Waals surface area contributed by atoms with Gasteiger partial charge >= 0.3 is 0 Å². The molecule has 0 spiro atoms. The van der Waals surface area contributed by atoms with Crippen molar-refractivity contribution in [3.05, 3.63) is 55.0 Å². The summed E-state index contributed by atoms with van der Waals surface area (Å²) < 4.78 is 27.2. The zero-order valence-electron chi connectivity index (χ0n) is 21.8. The summed E-state index contributed by atoms with van der Waals surface area (Å²) in [6, 6.07) is 12.0. The van der Waals surface area contributed by atoms with Gasteiger partial charge in [-0.05, 0) is 38.0 Å². The molecular formula is C28H33FN6O2. The van der Waals surface area contributed by atoms with Crippen LogP contribution in [0, 0.1) is 0 Å². The highest BCUT2D eigenvalue weighted by atomic mass is 19.1. The van der Waals surface area contributed by atoms with E-state index >= 15 is 0 Å². The van der Waals surface area contributed by atoms with Crippen molar-refractivity contribution in [2.24, 2.45) is 7.05 Å². The molecule has 0 aliphatic carbocycles. The molecule has 194 valence electrons. The van der Waals surface area contributed by atoms with Crippen LogP contribution >= 0.6 is 0 Å². The summed E-state index contributed by atoms with van der Waals surface area (Å²) in [6.07, 6.45) is 6.61. The van der Waals surface area contributed by atoms with Gasteiger partial charge in [0.25, 0.3) is 0 Å². The molecule has 0 unspecified atom stereocenters. The third kappa shape index (κ3) is 5.67. The molecule has 0 atom stereocenters. The molecule has 0 N–H and O–H groups in total. The Labute approximate surface area is 216 Å². The summed E-state index contributed by atoms with van der Waals surface area (Å²) in [4.78, 5) is 14.1. The number of ether oxygens (including phenoxy) is 2. The number of hydrogen-bond donors (Lipinski definition) is 0. The minimum Gasteiger partial charge on any atom is -0.497 e. The van der Waals surface area contributed by atoms with Crippen LogP contribution in [-0.2, 0) is 7.05 Å². The van der Waals surface area contributed by atoms with E-state index in [1.54, 1.807) is 38.2 Å². The number of hydrogen-bond acceptors (Lipinski definition) is 7. The summed E-state index contributed by atoms with van der Waals surface area (Å²) in [7, 11) is 5.18. The first-order valence-electron chi connectivity index (χ1n) is 12.5. The number of alkyl halides is 1. The molecule has 8 nitrogen and oxygen atoms in total. The van der Waals surface area contributed by atoms with Gasteiger partial charge in [-0.1, -0.05) is 0 Å². The lowest BCUT2D eigenvalue weighted by molar-refractivity contribution is 0.0758. The van der Waals surface area contributed by atoms with Gasteiger partial charge < -0.3 is 19.3 Å². The second kappa shape index (κ2) is 10.3. The summed E-state index contributed by atoms with van der Waals surface area (Å²) in [5, 5.41) is 4.26. The van der Waals surface area contributed by atoms with Crippen LogP contribution in [0.2, 0.25) is 0 Å². The predicted molar refractivity (Wildman–Crippen MR) is 143 cm³/mol. The van der Waals surface area contributed by atoms with Crippen molar-refractivity contribution in [3.8, 4) is 22.8 Å². The van der Waals surface area contributed by atoms with Crippen LogP contribution in [-0.4, -0.2) is 70.7 Å². The van der Waals surface area contributed by atoms with Gasteiger partial charge in [-0.25, -0.2) is 9.37 Å². The Balaban J connectivity index is 1.50. The van der Waals surface area contributed by atoms with Crippen LogP contribution in [0.3, 0.4) is 0 Å². The summed E-state index contributed by atoms with van der Waals surface area (Å²) >= 11 is 0. The molecule has 3 heterocycles. The van der Waals surface area contributed by atoms with Gasteiger partial charge in [0.1, 0.15) is 17.2 Å². The number of anilines is 2. The highest BCUT2D eigenvalue weighted by Crippen LogP contribution is 2.34. The van der Waals surface area contributed by atoms with Crippen LogP contribution in [0.25, 0.3) is 22.3 Å². The molecule has 1 saturated heterocycles. The molecule has 1 fully saturated rings. The van der Waals surface area contributed by atoms with Gasteiger partial charge in [-0.2, -0.15) is 5.10 Å². The fourth-order valence-corrected chi connectivity index (χ4v) is 4.70. The number of nitrogens with zero attached hydrogens (tertiary/aromatic N) is 6. The van der Waals surface area contributed by atoms with E-state index in [9.17, 15) is 4.39 Å². The van der Waals surface area contributed by atoms with Crippen molar-refractivity contribution >= 4 is 22.4 Å². The van der Waals surface area contributed by atoms with Crippen LogP contribution in [0.4, 0.5) is 15.8 Å². The minimum absolute atomic E-state index is 0.558. The number of halogens is 1. The second-order valence-electron chi connectivity index (χ2n) is 9.81. The maximum absolute atomic E-state index is 14.4. The molecule has 0 radical (unpaired) electrons. The molecule has 1 aliphatic heterocycles. The molecular weight excluding hydrogens is 471 g/mol. The fourth-order valence-electron chi connectivity index (χ4n) is 4.70. The fraction of sp³-hybridized carbons (Fsp3) is 0.393. The van der Waals surface area contributed by atoms with E-state index in [0.717, 1.165) is 53.3 Å². The maximum atomic E-state index is 14.4. The summed E-state index contributed by atoms with van der Waals surface area (Å²) in [6.45, 7) is 4.71. The average molecular weight is 505 g/mol. The molecule has 4 aromatic rings. The average Bonchev–Trinajstić information content (AvgIpc) is 3.35. The number of aryl methyl sites for hydroxylation is 1. The Morgan fingerprint density at radius 1 is 0.973 bits per heavy atom. The van der Waals surface area contributed by atoms with E-state index in [4.69, 9.17) is 14.5 Å². The van der Waals surface area contributed by atoms with E-state index in [1.807, 2.05) is 37.5 Å². The highest BCUT2D eigenvalue weighted by Gasteiger charge is 2.29. The van der Waals surface area contributed by atoms with Crippen LogP contribution in [0.5, 0.6) is 11.5 Å². The Hall–Kier alpha value is -3.72. The first kappa shape index (κ1) is 25.0. The number of likely N-dealkylation sites (tertiary alicyclic amines) is 1. The molecule has 9 heteroatoms. The smallest absolute Gasteiger partial charge is 0.124 e. The lowest BCUT2D eigenvalue weighted by Gasteiger charge is -2.36. The van der Waals surface area contributed by atoms with Crippen LogP contribution in [0.1, 0.15) is 19.8 Å². The van der Waals surface area contributed by atoms with Gasteiger partial charge in [0.05, 0.1) is 43.3 Å². The zero-order chi connectivity index (χ0) is 26.0. The van der Waals surface area contributed by atoms with Gasteiger partial charge in [0.15, 0.2) is 0 Å². The van der Waals surface area contributed by atoms with Gasteiger partial charge in [0, 0.05) is 74.6 Å². The first-order chi connectivity index (χ1) is 17.8. The second-order valence-corrected chi connectivity index (χ2v) is 9.81. The molecule has 0 bridgehead atoms. The molecule has 1 aliphatic rings. The van der Waals surface area contributed by atoms with E-state index in [1.165, 1.54) is 0 Å². The number of fused-ring (bicyclic) bond motifs is 1. The molecule has 37 heavy (non-hydrogen) atoms. The summed E-state index contributed by atoms with van der Waals surface area (Å²) in [5.41, 5.74) is 4.16. The first-order valence-corrected chi connectivity index (χ1v) is 12.5. The monoisotopic (exact) mass is 504 g/mol. The Kier molecular flexibility index (Phi) is 6.97. The largest absolute Gasteiger partial charge is 0.497 e. The van der Waals surface area contributed by atoms with E-state index in [-0.39, 0.29) is 0 Å². The van der Waals surface area contributed by atoms with Gasteiger partial charge in [0.2, 0.25) is 0 Å². The van der Waals surface area contributed by atoms with Crippen molar-refractivity contribution in [3.63, 3.8) is 0 Å². The van der Waals surface area contributed by atoms with E-state index < -0.39 is 5.67 Å². The molecule has 0 amide bonds. The number of aromatic nitrogens is 4. The lowest BCUT2D eigenvalue weighted by Crippen LogP contribution is -2.43. The number of methoxy groups -OCH3 is 2. The predicted octanol–water partition coefficient (Wildman–Crippen LogP) is 5.01. The Morgan fingerprint density at radius 2 is 1.70 bits per heavy atom. The number of benzene rings is 2. The summed E-state index contributed by atoms with van der Waals surface area (Å²) in [5.74, 6) is 1.43. The van der Waals surface area contributed by atoms with Crippen molar-refractivity contribution in [1.82, 2.24) is 24.6 Å². The molecule has 0 saturated carbocycles. The minimum atomic E-state index is -1.07. The van der Waals surface area contributed by atoms with Gasteiger partial charge in [-0.15, -0.1) is 0 Å². The maximum Gasteiger partial charge on any atom is 0.124 e. The SMILES string of the molecule is COc1cc(OC)cc(N(CCN2CCC(C)(F)CC2)c2ccc3ncc(-c4cnn(C)c4)nc3c2)c1. The number of piperidine rings is 1. The van der Waals surface area contributed by atoms with Crippen molar-refractivity contribution < 1.29 is 13.9 Å². The standard InChI is InChI=1S/C28H33FN6O2/c1-28(29)7-9-34(10-8-28)11-12-35(22-13-23(36-3)16-24(14-22)37-4)21-5-6-25-26(15-21)32-27(18-30-25)20-17-31-33(2)19-20/h5-6,13-19H,7-12H2,1-4H3. The van der Waals surface area contributed by atoms with Crippen molar-refractivity contribution in [2.45, 2.75) is 25.4 Å². The Morgan fingerprint density at radius 3 is 2.35 bits per heavy atom. The molecule has 5 rings (SSSR count). The Bertz CT molecular complexity index is 1360. The highest BCUT2D eigenvalue weighted by molar-refractivity contribution is 5.82. The van der Waals surface area contributed by atoms with Crippen molar-refractivity contribution in [1.29, 1.82) is 0 Å². The van der Waals surface area contributed by atoms with E-state index in [2.05, 4.69) is 32.0 Å². The lowest BCUT2D eigenvalue weighted by atomic mass is 9.96. The molecule has 2 aromatic heterocycles. The topological polar surface area (TPSA) is 68.5 Å². The quantitative estimate of drug-likeness (QED) is 0.334. The van der Waals surface area contributed by atoms with Crippen molar-refractivity contribution in [2.75, 3.05) is 45.3 Å². The van der Waals surface area contributed by atoms with Crippen LogP contribution < -0.4 is 14.4 Å². The van der Waals surface area contributed by atoms with Gasteiger partial charge in [-0.3, -0.25) is 9.67 Å². The normalized spacial score (nSPS) is 15.6. The van der Waals surface area contributed by atoms with Crippen LogP contribution in [0.15, 0.2) is 55.0 Å².